The maximum absolute atomic E-state index is 13.5. The van der Waals surface area contributed by atoms with E-state index in [0.717, 1.165) is 12.8 Å². The predicted octanol–water partition coefficient (Wildman–Crippen LogP) is 4.83. The summed E-state index contributed by atoms with van der Waals surface area (Å²) in [6, 6.07) is 8.01. The van der Waals surface area contributed by atoms with Crippen LogP contribution in [-0.4, -0.2) is 38.0 Å². The molecule has 3 heterocycles. The normalized spacial score (nSPS) is 13.4. The molecule has 3 aromatic heterocycles. The van der Waals surface area contributed by atoms with Crippen LogP contribution in [0.2, 0.25) is 5.15 Å². The molecule has 0 unspecified atom stereocenters. The second kappa shape index (κ2) is 8.61. The quantitative estimate of drug-likeness (QED) is 0.399. The van der Waals surface area contributed by atoms with Crippen molar-refractivity contribution in [2.75, 3.05) is 11.4 Å². The molecule has 1 fully saturated rings. The van der Waals surface area contributed by atoms with Gasteiger partial charge >= 0.3 is 0 Å². The first-order valence-electron chi connectivity index (χ1n) is 10.6. The van der Waals surface area contributed by atoms with Gasteiger partial charge in [-0.1, -0.05) is 11.6 Å². The van der Waals surface area contributed by atoms with E-state index in [-0.39, 0.29) is 24.0 Å². The molecule has 168 valence electrons. The summed E-state index contributed by atoms with van der Waals surface area (Å²) >= 11 is 7.31. The lowest BCUT2D eigenvalue weighted by Crippen LogP contribution is -2.34. The summed E-state index contributed by atoms with van der Waals surface area (Å²) in [6.07, 6.45) is 5.45. The first-order chi connectivity index (χ1) is 15.9. The zero-order valence-electron chi connectivity index (χ0n) is 17.9. The molecule has 1 N–H and O–H groups in total. The number of phenols is 1. The number of carbonyl (C=O) groups excluding carboxylic acids is 2. The number of hydrogen-bond acceptors (Lipinski definition) is 6. The van der Waals surface area contributed by atoms with Crippen molar-refractivity contribution in [1.29, 1.82) is 0 Å². The Bertz CT molecular complexity index is 1340. The molecule has 5 rings (SSSR count). The summed E-state index contributed by atoms with van der Waals surface area (Å²) in [5.74, 6) is 0.218. The summed E-state index contributed by atoms with van der Waals surface area (Å²) in [5, 5.41) is 13.6. The van der Waals surface area contributed by atoms with Gasteiger partial charge in [-0.2, -0.15) is 0 Å². The number of fused-ring (bicyclic) bond motifs is 1. The Morgan fingerprint density at radius 1 is 1.24 bits per heavy atom. The standard InChI is InChI=1S/C24H21ClN4O3S/c1-14-18(11-22(31)28(13-15-2-3-15)24-26-8-9-33-24)19-10-17(30)5-6-20(19)29(14)23(32)16-4-7-21(25)27-12-16/h4-10,12,15,30H,2-3,11,13H2,1H3. The molecule has 1 aromatic carbocycles. The van der Waals surface area contributed by atoms with Crippen molar-refractivity contribution in [3.8, 4) is 5.75 Å². The lowest BCUT2D eigenvalue weighted by Gasteiger charge is -2.20. The van der Waals surface area contributed by atoms with Crippen LogP contribution < -0.4 is 4.90 Å². The van der Waals surface area contributed by atoms with Crippen LogP contribution in [-0.2, 0) is 11.2 Å². The van der Waals surface area contributed by atoms with Crippen LogP contribution in [0.25, 0.3) is 10.9 Å². The average Bonchev–Trinajstić information content (AvgIpc) is 3.38. The second-order valence-electron chi connectivity index (χ2n) is 8.21. The van der Waals surface area contributed by atoms with Crippen LogP contribution >= 0.6 is 22.9 Å². The van der Waals surface area contributed by atoms with E-state index >= 15 is 0 Å². The number of thiazole rings is 1. The lowest BCUT2D eigenvalue weighted by atomic mass is 10.1. The van der Waals surface area contributed by atoms with E-state index in [2.05, 4.69) is 9.97 Å². The number of carbonyl (C=O) groups is 2. The third-order valence-corrected chi connectivity index (χ3v) is 6.93. The van der Waals surface area contributed by atoms with E-state index in [0.29, 0.717) is 50.5 Å². The number of pyridine rings is 1. The highest BCUT2D eigenvalue weighted by Crippen LogP contribution is 2.34. The highest BCUT2D eigenvalue weighted by molar-refractivity contribution is 7.13. The van der Waals surface area contributed by atoms with Gasteiger partial charge in [-0.05, 0) is 61.6 Å². The molecule has 7 nitrogen and oxygen atoms in total. The fourth-order valence-electron chi connectivity index (χ4n) is 4.03. The van der Waals surface area contributed by atoms with E-state index in [4.69, 9.17) is 11.6 Å². The van der Waals surface area contributed by atoms with Crippen LogP contribution in [0.4, 0.5) is 5.13 Å². The number of amides is 1. The third-order valence-electron chi connectivity index (χ3n) is 5.91. The van der Waals surface area contributed by atoms with Crippen LogP contribution in [0.15, 0.2) is 48.1 Å². The van der Waals surface area contributed by atoms with E-state index in [1.165, 1.54) is 23.6 Å². The Balaban J connectivity index is 1.56. The third kappa shape index (κ3) is 4.24. The number of aromatic hydroxyl groups is 1. The zero-order valence-corrected chi connectivity index (χ0v) is 19.4. The van der Waals surface area contributed by atoms with E-state index in [1.54, 1.807) is 39.9 Å². The first kappa shape index (κ1) is 21.6. The van der Waals surface area contributed by atoms with Crippen molar-refractivity contribution in [2.45, 2.75) is 26.2 Å². The van der Waals surface area contributed by atoms with Gasteiger partial charge in [-0.25, -0.2) is 9.97 Å². The Labute approximate surface area is 199 Å². The van der Waals surface area contributed by atoms with Gasteiger partial charge < -0.3 is 5.11 Å². The molecule has 0 spiro atoms. The Morgan fingerprint density at radius 2 is 2.06 bits per heavy atom. The average molecular weight is 481 g/mol. The van der Waals surface area contributed by atoms with E-state index < -0.39 is 0 Å². The van der Waals surface area contributed by atoms with Crippen molar-refractivity contribution in [3.63, 3.8) is 0 Å². The minimum absolute atomic E-state index is 0.0729. The Kier molecular flexibility index (Phi) is 5.64. The first-order valence-corrected chi connectivity index (χ1v) is 11.9. The molecule has 1 aliphatic rings. The molecule has 0 atom stereocenters. The van der Waals surface area contributed by atoms with E-state index in [9.17, 15) is 14.7 Å². The van der Waals surface area contributed by atoms with Crippen LogP contribution in [0.3, 0.4) is 0 Å². The van der Waals surface area contributed by atoms with Crippen molar-refractivity contribution >= 4 is 50.8 Å². The number of rotatable bonds is 6. The summed E-state index contributed by atoms with van der Waals surface area (Å²) in [6.45, 7) is 2.46. The number of phenolic OH excluding ortho intramolecular Hbond substituents is 1. The fourth-order valence-corrected chi connectivity index (χ4v) is 4.81. The molecule has 1 amide bonds. The molecule has 0 saturated heterocycles. The molecule has 33 heavy (non-hydrogen) atoms. The summed E-state index contributed by atoms with van der Waals surface area (Å²) in [4.78, 5) is 36.9. The molecular weight excluding hydrogens is 460 g/mol. The number of hydrogen-bond donors (Lipinski definition) is 1. The van der Waals surface area contributed by atoms with Gasteiger partial charge in [0.1, 0.15) is 10.9 Å². The number of benzene rings is 1. The van der Waals surface area contributed by atoms with Gasteiger partial charge in [0.05, 0.1) is 17.5 Å². The topological polar surface area (TPSA) is 88.3 Å². The lowest BCUT2D eigenvalue weighted by molar-refractivity contribution is -0.118. The highest BCUT2D eigenvalue weighted by Gasteiger charge is 2.30. The second-order valence-corrected chi connectivity index (χ2v) is 9.48. The maximum atomic E-state index is 13.5. The molecule has 4 aromatic rings. The van der Waals surface area contributed by atoms with Gasteiger partial charge in [0, 0.05) is 35.4 Å². The van der Waals surface area contributed by atoms with Crippen molar-refractivity contribution in [3.05, 3.63) is 70.1 Å². The van der Waals surface area contributed by atoms with Gasteiger partial charge in [0.15, 0.2) is 5.13 Å². The zero-order chi connectivity index (χ0) is 23.1. The summed E-state index contributed by atoms with van der Waals surface area (Å²) in [5.41, 5.74) is 2.35. The number of anilines is 1. The molecule has 0 bridgehead atoms. The Morgan fingerprint density at radius 3 is 2.73 bits per heavy atom. The molecule has 0 radical (unpaired) electrons. The van der Waals surface area contributed by atoms with Crippen molar-refractivity contribution in [1.82, 2.24) is 14.5 Å². The van der Waals surface area contributed by atoms with Gasteiger partial charge in [-0.15, -0.1) is 11.3 Å². The highest BCUT2D eigenvalue weighted by atomic mass is 35.5. The van der Waals surface area contributed by atoms with Gasteiger partial charge in [0.25, 0.3) is 5.91 Å². The van der Waals surface area contributed by atoms with Gasteiger partial charge in [-0.3, -0.25) is 19.1 Å². The molecule has 9 heteroatoms. The fraction of sp³-hybridized carbons (Fsp3) is 0.250. The smallest absolute Gasteiger partial charge is 0.264 e. The molecule has 0 aliphatic heterocycles. The van der Waals surface area contributed by atoms with Crippen molar-refractivity contribution < 1.29 is 14.7 Å². The van der Waals surface area contributed by atoms with Crippen LogP contribution in [0.5, 0.6) is 5.75 Å². The SMILES string of the molecule is Cc1c(CC(=O)N(CC2CC2)c2nccs2)c2cc(O)ccc2n1C(=O)c1ccc(Cl)nc1. The summed E-state index contributed by atoms with van der Waals surface area (Å²) < 4.78 is 1.57. The number of nitrogens with zero attached hydrogens (tertiary/aromatic N) is 4. The Hall–Kier alpha value is -3.23. The number of halogens is 1. The molecule has 1 aliphatic carbocycles. The van der Waals surface area contributed by atoms with Crippen LogP contribution in [0, 0.1) is 12.8 Å². The predicted molar refractivity (Wildman–Crippen MR) is 128 cm³/mol. The monoisotopic (exact) mass is 480 g/mol. The van der Waals surface area contributed by atoms with Crippen LogP contribution in [0.1, 0.15) is 34.5 Å². The van der Waals surface area contributed by atoms with Gasteiger partial charge in [0.2, 0.25) is 5.91 Å². The largest absolute Gasteiger partial charge is 0.508 e. The van der Waals surface area contributed by atoms with E-state index in [1.807, 2.05) is 12.3 Å². The molecule has 1 saturated carbocycles. The number of aromatic nitrogens is 3. The summed E-state index contributed by atoms with van der Waals surface area (Å²) in [7, 11) is 0. The minimum atomic E-state index is -0.277. The molecular formula is C24H21ClN4O3S. The van der Waals surface area contributed by atoms with Crippen molar-refractivity contribution in [2.24, 2.45) is 5.92 Å². The minimum Gasteiger partial charge on any atom is -0.508 e. The maximum Gasteiger partial charge on any atom is 0.264 e.